The maximum Gasteiger partial charge on any atom is 0.195 e. The number of imidazole rings is 1. The molecule has 1 aliphatic rings. The van der Waals surface area contributed by atoms with Gasteiger partial charge in [0.15, 0.2) is 10.8 Å². The second kappa shape index (κ2) is 5.69. The zero-order valence-corrected chi connectivity index (χ0v) is 12.6. The highest BCUT2D eigenvalue weighted by molar-refractivity contribution is 7.15. The summed E-state index contributed by atoms with van der Waals surface area (Å²) in [6, 6.07) is 0. The lowest BCUT2D eigenvalue weighted by atomic mass is 10.1. The van der Waals surface area contributed by atoms with E-state index in [1.807, 2.05) is 11.6 Å². The van der Waals surface area contributed by atoms with Crippen molar-refractivity contribution in [3.05, 3.63) is 17.3 Å². The number of piperidine rings is 1. The van der Waals surface area contributed by atoms with Crippen LogP contribution >= 0.6 is 22.9 Å². The molecule has 6 heteroatoms. The molecular weight excluding hydrogens is 282 g/mol. The Bertz CT molecular complexity index is 551. The molecule has 0 spiro atoms. The Hall–Kier alpha value is -0.780. The van der Waals surface area contributed by atoms with Gasteiger partial charge in [-0.15, -0.1) is 22.9 Å². The van der Waals surface area contributed by atoms with E-state index in [0.29, 0.717) is 12.0 Å². The highest BCUT2D eigenvalue weighted by Crippen LogP contribution is 2.28. The van der Waals surface area contributed by atoms with Crippen molar-refractivity contribution in [2.75, 3.05) is 24.6 Å². The Morgan fingerprint density at radius 1 is 1.58 bits per heavy atom. The van der Waals surface area contributed by atoms with Gasteiger partial charge in [-0.3, -0.25) is 4.40 Å². The van der Waals surface area contributed by atoms with Crippen molar-refractivity contribution in [2.24, 2.45) is 0 Å². The summed E-state index contributed by atoms with van der Waals surface area (Å²) in [6.45, 7) is 4.79. The van der Waals surface area contributed by atoms with Crippen molar-refractivity contribution in [1.29, 1.82) is 0 Å². The summed E-state index contributed by atoms with van der Waals surface area (Å²) >= 11 is 7.76. The number of ether oxygens (including phenoxy) is 1. The van der Waals surface area contributed by atoms with E-state index in [-0.39, 0.29) is 0 Å². The molecule has 0 amide bonds. The van der Waals surface area contributed by atoms with Crippen LogP contribution in [0.1, 0.15) is 25.5 Å². The number of aromatic nitrogens is 2. The molecule has 3 rings (SSSR count). The van der Waals surface area contributed by atoms with Crippen LogP contribution in [-0.2, 0) is 10.6 Å². The number of hydrogen-bond acceptors (Lipinski definition) is 4. The number of halogens is 1. The van der Waals surface area contributed by atoms with Gasteiger partial charge in [-0.2, -0.15) is 0 Å². The number of thiazole rings is 1. The molecule has 1 atom stereocenters. The summed E-state index contributed by atoms with van der Waals surface area (Å²) in [5, 5.41) is 2.04. The van der Waals surface area contributed by atoms with Crippen LogP contribution in [0.4, 0.5) is 5.82 Å². The minimum absolute atomic E-state index is 0.321. The molecular formula is C13H18ClN3OS. The molecule has 4 nitrogen and oxygen atoms in total. The van der Waals surface area contributed by atoms with E-state index >= 15 is 0 Å². The third kappa shape index (κ3) is 2.47. The molecule has 1 fully saturated rings. The molecule has 19 heavy (non-hydrogen) atoms. The maximum atomic E-state index is 6.11. The fourth-order valence-corrected chi connectivity index (χ4v) is 3.68. The van der Waals surface area contributed by atoms with E-state index in [9.17, 15) is 0 Å². The molecule has 3 heterocycles. The van der Waals surface area contributed by atoms with Gasteiger partial charge >= 0.3 is 0 Å². The topological polar surface area (TPSA) is 29.8 Å². The largest absolute Gasteiger partial charge is 0.377 e. The summed E-state index contributed by atoms with van der Waals surface area (Å²) in [7, 11) is 0. The summed E-state index contributed by atoms with van der Waals surface area (Å²) in [5.41, 5.74) is 1.09. The Balaban J connectivity index is 1.88. The number of fused-ring (bicyclic) bond motifs is 1. The second-order valence-corrected chi connectivity index (χ2v) is 5.88. The highest BCUT2D eigenvalue weighted by Gasteiger charge is 2.25. The molecule has 0 radical (unpaired) electrons. The second-order valence-electron chi connectivity index (χ2n) is 4.74. The van der Waals surface area contributed by atoms with Crippen molar-refractivity contribution in [2.45, 2.75) is 31.7 Å². The fraction of sp³-hybridized carbons (Fsp3) is 0.615. The Morgan fingerprint density at radius 3 is 3.26 bits per heavy atom. The van der Waals surface area contributed by atoms with Gasteiger partial charge in [0.1, 0.15) is 0 Å². The molecule has 1 aliphatic heterocycles. The van der Waals surface area contributed by atoms with Crippen LogP contribution in [0, 0.1) is 0 Å². The average molecular weight is 300 g/mol. The summed E-state index contributed by atoms with van der Waals surface area (Å²) in [5.74, 6) is 1.52. The zero-order chi connectivity index (χ0) is 13.2. The molecule has 0 bridgehead atoms. The van der Waals surface area contributed by atoms with Gasteiger partial charge in [-0.25, -0.2) is 4.98 Å². The van der Waals surface area contributed by atoms with Crippen molar-refractivity contribution in [1.82, 2.24) is 9.38 Å². The van der Waals surface area contributed by atoms with E-state index in [1.54, 1.807) is 11.3 Å². The molecule has 2 aromatic rings. The van der Waals surface area contributed by atoms with Crippen molar-refractivity contribution in [3.63, 3.8) is 0 Å². The van der Waals surface area contributed by atoms with E-state index in [0.717, 1.165) is 49.0 Å². The van der Waals surface area contributed by atoms with Gasteiger partial charge < -0.3 is 9.64 Å². The molecule has 1 saturated heterocycles. The first-order valence-electron chi connectivity index (χ1n) is 6.70. The van der Waals surface area contributed by atoms with Gasteiger partial charge in [0.2, 0.25) is 0 Å². The minimum Gasteiger partial charge on any atom is -0.377 e. The predicted molar refractivity (Wildman–Crippen MR) is 79.5 cm³/mol. The van der Waals surface area contributed by atoms with E-state index in [1.165, 1.54) is 0 Å². The first-order chi connectivity index (χ1) is 9.33. The molecule has 1 unspecified atom stereocenters. The Morgan fingerprint density at radius 2 is 2.47 bits per heavy atom. The van der Waals surface area contributed by atoms with Gasteiger partial charge in [0.05, 0.1) is 17.7 Å². The normalized spacial score (nSPS) is 20.3. The van der Waals surface area contributed by atoms with Gasteiger partial charge in [-0.05, 0) is 19.8 Å². The van der Waals surface area contributed by atoms with Crippen LogP contribution in [0.3, 0.4) is 0 Å². The standard InChI is InChI=1S/C13H18ClN3OS/c1-2-18-10-4-3-5-16(9-10)12-11(8-14)17-6-7-19-13(17)15-12/h6-7,10H,2-5,8-9H2,1H3. The lowest BCUT2D eigenvalue weighted by Gasteiger charge is -2.33. The smallest absolute Gasteiger partial charge is 0.195 e. The van der Waals surface area contributed by atoms with E-state index in [4.69, 9.17) is 21.3 Å². The van der Waals surface area contributed by atoms with Crippen molar-refractivity contribution < 1.29 is 4.74 Å². The molecule has 2 aromatic heterocycles. The summed E-state index contributed by atoms with van der Waals surface area (Å²) in [4.78, 5) is 8.07. The van der Waals surface area contributed by atoms with Crippen LogP contribution in [0.2, 0.25) is 0 Å². The van der Waals surface area contributed by atoms with Crippen molar-refractivity contribution in [3.8, 4) is 0 Å². The molecule has 104 valence electrons. The Kier molecular flexibility index (Phi) is 3.96. The van der Waals surface area contributed by atoms with Gasteiger partial charge in [-0.1, -0.05) is 0 Å². The molecule has 0 N–H and O–H groups in total. The SMILES string of the molecule is CCOC1CCCN(c2nc3sccn3c2CCl)C1. The van der Waals surface area contributed by atoms with E-state index < -0.39 is 0 Å². The fourth-order valence-electron chi connectivity index (χ4n) is 2.70. The van der Waals surface area contributed by atoms with Crippen molar-refractivity contribution >= 4 is 33.7 Å². The van der Waals surface area contributed by atoms with E-state index in [2.05, 4.69) is 16.2 Å². The third-order valence-corrected chi connectivity index (χ3v) is 4.56. The Labute approximate surface area is 121 Å². The number of anilines is 1. The van der Waals surface area contributed by atoms with Crippen LogP contribution < -0.4 is 4.90 Å². The predicted octanol–water partition coefficient (Wildman–Crippen LogP) is 3.14. The maximum absolute atomic E-state index is 6.11. The van der Waals surface area contributed by atoms with Crippen LogP contribution in [0.15, 0.2) is 11.6 Å². The van der Waals surface area contributed by atoms with Crippen LogP contribution in [0.5, 0.6) is 0 Å². The first-order valence-corrected chi connectivity index (χ1v) is 8.11. The van der Waals surface area contributed by atoms with Gasteiger partial charge in [0.25, 0.3) is 0 Å². The van der Waals surface area contributed by atoms with Crippen LogP contribution in [0.25, 0.3) is 4.96 Å². The molecule has 0 aliphatic carbocycles. The number of nitrogens with zero attached hydrogens (tertiary/aromatic N) is 3. The number of rotatable bonds is 4. The third-order valence-electron chi connectivity index (χ3n) is 3.55. The summed E-state index contributed by atoms with van der Waals surface area (Å²) in [6.07, 6.45) is 4.65. The lowest BCUT2D eigenvalue weighted by molar-refractivity contribution is 0.0525. The minimum atomic E-state index is 0.321. The first kappa shape index (κ1) is 13.2. The average Bonchev–Trinajstić information content (AvgIpc) is 2.99. The quantitative estimate of drug-likeness (QED) is 0.812. The molecule has 0 aromatic carbocycles. The summed E-state index contributed by atoms with van der Waals surface area (Å²) < 4.78 is 7.85. The monoisotopic (exact) mass is 299 g/mol. The lowest BCUT2D eigenvalue weighted by Crippen LogP contribution is -2.40. The number of alkyl halides is 1. The number of hydrogen-bond donors (Lipinski definition) is 0. The molecule has 0 saturated carbocycles. The zero-order valence-electron chi connectivity index (χ0n) is 11.0. The highest BCUT2D eigenvalue weighted by atomic mass is 35.5. The van der Waals surface area contributed by atoms with Gasteiger partial charge in [0, 0.05) is 31.3 Å². The van der Waals surface area contributed by atoms with Crippen LogP contribution in [-0.4, -0.2) is 35.2 Å².